The van der Waals surface area contributed by atoms with Gasteiger partial charge in [0.1, 0.15) is 4.90 Å². The van der Waals surface area contributed by atoms with Gasteiger partial charge < -0.3 is 10.2 Å². The van der Waals surface area contributed by atoms with Gasteiger partial charge in [0.2, 0.25) is 21.9 Å². The fraction of sp³-hybridized carbons (Fsp3) is 0.545. The van der Waals surface area contributed by atoms with Crippen molar-refractivity contribution in [2.75, 3.05) is 39.0 Å². The first kappa shape index (κ1) is 14.7. The van der Waals surface area contributed by atoms with Crippen LogP contribution < -0.4 is 5.32 Å². The molecule has 0 unspecified atom stereocenters. The molecule has 1 aliphatic heterocycles. The van der Waals surface area contributed by atoms with Gasteiger partial charge in [0.15, 0.2) is 0 Å². The van der Waals surface area contributed by atoms with Crippen molar-refractivity contribution in [2.45, 2.75) is 11.3 Å². The Hall–Kier alpha value is -1.74. The topological polar surface area (TPSA) is 95.5 Å². The van der Waals surface area contributed by atoms with E-state index >= 15 is 0 Å². The predicted molar refractivity (Wildman–Crippen MR) is 72.6 cm³/mol. The van der Waals surface area contributed by atoms with Gasteiger partial charge in [-0.3, -0.25) is 4.79 Å². The standard InChI is InChI=1S/C11H17N5O3S/c1-12-11-13-6-9(7-14-11)20(18,19)16-5-3-4-15(2)10(17)8-16/h6-7H,3-5,8H2,1-2H3,(H,12,13,14). The summed E-state index contributed by atoms with van der Waals surface area (Å²) in [6.45, 7) is 0.721. The van der Waals surface area contributed by atoms with Crippen molar-refractivity contribution < 1.29 is 13.2 Å². The normalized spacial score (nSPS) is 17.9. The van der Waals surface area contributed by atoms with Crippen LogP contribution in [0.3, 0.4) is 0 Å². The molecule has 8 nitrogen and oxygen atoms in total. The molecule has 1 aromatic rings. The number of rotatable bonds is 3. The van der Waals surface area contributed by atoms with Crippen LogP contribution in [-0.4, -0.2) is 67.2 Å². The highest BCUT2D eigenvalue weighted by molar-refractivity contribution is 7.89. The molecule has 1 N–H and O–H groups in total. The lowest BCUT2D eigenvalue weighted by atomic mass is 10.4. The number of carbonyl (C=O) groups is 1. The maximum Gasteiger partial charge on any atom is 0.246 e. The van der Waals surface area contributed by atoms with Gasteiger partial charge in [-0.1, -0.05) is 0 Å². The Labute approximate surface area is 117 Å². The number of sulfonamides is 1. The van der Waals surface area contributed by atoms with Crippen molar-refractivity contribution in [3.63, 3.8) is 0 Å². The zero-order valence-corrected chi connectivity index (χ0v) is 12.2. The average molecular weight is 299 g/mol. The molecular weight excluding hydrogens is 282 g/mol. The molecule has 110 valence electrons. The first-order valence-corrected chi connectivity index (χ1v) is 7.63. The number of aromatic nitrogens is 2. The van der Waals surface area contributed by atoms with Crippen molar-refractivity contribution >= 4 is 21.9 Å². The number of nitrogens with zero attached hydrogens (tertiary/aromatic N) is 4. The molecule has 0 bridgehead atoms. The summed E-state index contributed by atoms with van der Waals surface area (Å²) < 4.78 is 26.1. The number of nitrogens with one attached hydrogen (secondary N) is 1. The fourth-order valence-corrected chi connectivity index (χ4v) is 3.21. The van der Waals surface area contributed by atoms with Gasteiger partial charge in [-0.15, -0.1) is 0 Å². The maximum absolute atomic E-state index is 12.4. The van der Waals surface area contributed by atoms with E-state index in [0.29, 0.717) is 25.5 Å². The molecule has 2 rings (SSSR count). The van der Waals surface area contributed by atoms with Crippen molar-refractivity contribution in [3.05, 3.63) is 12.4 Å². The van der Waals surface area contributed by atoms with Crippen LogP contribution in [0.2, 0.25) is 0 Å². The van der Waals surface area contributed by atoms with Crippen molar-refractivity contribution in [1.29, 1.82) is 0 Å². The molecule has 1 saturated heterocycles. The Morgan fingerprint density at radius 1 is 1.25 bits per heavy atom. The number of likely N-dealkylation sites (N-methyl/N-ethyl adjacent to an activating group) is 1. The van der Waals surface area contributed by atoms with Gasteiger partial charge in [0.25, 0.3) is 0 Å². The molecule has 0 radical (unpaired) electrons. The molecule has 1 aromatic heterocycles. The third-order valence-electron chi connectivity index (χ3n) is 3.13. The molecule has 0 aromatic carbocycles. The Bertz CT molecular complexity index is 587. The summed E-state index contributed by atoms with van der Waals surface area (Å²) in [5.41, 5.74) is 0. The quantitative estimate of drug-likeness (QED) is 0.798. The summed E-state index contributed by atoms with van der Waals surface area (Å²) in [4.78, 5) is 21.1. The molecule has 0 atom stereocenters. The Morgan fingerprint density at radius 2 is 1.90 bits per heavy atom. The van der Waals surface area contributed by atoms with Crippen LogP contribution in [0.5, 0.6) is 0 Å². The smallest absolute Gasteiger partial charge is 0.246 e. The second kappa shape index (κ2) is 5.71. The first-order chi connectivity index (χ1) is 9.45. The third-order valence-corrected chi connectivity index (χ3v) is 4.93. The van der Waals surface area contributed by atoms with E-state index in [1.807, 2.05) is 0 Å². The van der Waals surface area contributed by atoms with E-state index in [9.17, 15) is 13.2 Å². The van der Waals surface area contributed by atoms with Crippen molar-refractivity contribution in [2.24, 2.45) is 0 Å². The SMILES string of the molecule is CNc1ncc(S(=O)(=O)N2CCCN(C)C(=O)C2)cn1. The molecular formula is C11H17N5O3S. The molecule has 2 heterocycles. The largest absolute Gasteiger partial charge is 0.357 e. The zero-order chi connectivity index (χ0) is 14.8. The highest BCUT2D eigenvalue weighted by Gasteiger charge is 2.30. The van der Waals surface area contributed by atoms with Crippen LogP contribution in [0.25, 0.3) is 0 Å². The summed E-state index contributed by atoms with van der Waals surface area (Å²) in [5, 5.41) is 2.72. The Kier molecular flexibility index (Phi) is 4.19. The van der Waals surface area contributed by atoms with Crippen LogP contribution >= 0.6 is 0 Å². The zero-order valence-electron chi connectivity index (χ0n) is 11.4. The molecule has 1 aliphatic rings. The lowest BCUT2D eigenvalue weighted by molar-refractivity contribution is -0.129. The Balaban J connectivity index is 2.26. The summed E-state index contributed by atoms with van der Waals surface area (Å²) >= 11 is 0. The van der Waals surface area contributed by atoms with E-state index in [1.54, 1.807) is 14.1 Å². The van der Waals surface area contributed by atoms with Gasteiger partial charge in [0.05, 0.1) is 18.9 Å². The summed E-state index contributed by atoms with van der Waals surface area (Å²) in [5.74, 6) is 0.134. The second-order valence-corrected chi connectivity index (χ2v) is 6.44. The van der Waals surface area contributed by atoms with E-state index in [-0.39, 0.29) is 17.3 Å². The van der Waals surface area contributed by atoms with Crippen molar-refractivity contribution in [1.82, 2.24) is 19.2 Å². The molecule has 0 spiro atoms. The van der Waals surface area contributed by atoms with Crippen LogP contribution in [-0.2, 0) is 14.8 Å². The monoisotopic (exact) mass is 299 g/mol. The minimum atomic E-state index is -3.73. The number of carbonyl (C=O) groups excluding carboxylic acids is 1. The van der Waals surface area contributed by atoms with Crippen LogP contribution in [0.15, 0.2) is 17.3 Å². The van der Waals surface area contributed by atoms with E-state index in [2.05, 4.69) is 15.3 Å². The summed E-state index contributed by atoms with van der Waals surface area (Å²) in [6, 6.07) is 0. The average Bonchev–Trinajstić information content (AvgIpc) is 2.61. The van der Waals surface area contributed by atoms with E-state index < -0.39 is 10.0 Å². The van der Waals surface area contributed by atoms with Gasteiger partial charge in [-0.2, -0.15) is 4.31 Å². The molecule has 0 aliphatic carbocycles. The minimum Gasteiger partial charge on any atom is -0.357 e. The molecule has 0 saturated carbocycles. The van der Waals surface area contributed by atoms with E-state index in [0.717, 1.165) is 0 Å². The maximum atomic E-state index is 12.4. The molecule has 1 amide bonds. The number of hydrogen-bond donors (Lipinski definition) is 1. The Morgan fingerprint density at radius 3 is 2.50 bits per heavy atom. The molecule has 1 fully saturated rings. The van der Waals surface area contributed by atoms with Crippen LogP contribution in [0.1, 0.15) is 6.42 Å². The lowest BCUT2D eigenvalue weighted by Crippen LogP contribution is -2.38. The van der Waals surface area contributed by atoms with Gasteiger partial charge in [0, 0.05) is 27.2 Å². The minimum absolute atomic E-state index is 0.00569. The van der Waals surface area contributed by atoms with Gasteiger partial charge in [-0.25, -0.2) is 18.4 Å². The number of amides is 1. The lowest BCUT2D eigenvalue weighted by Gasteiger charge is -2.19. The number of hydrogen-bond acceptors (Lipinski definition) is 6. The van der Waals surface area contributed by atoms with E-state index in [1.165, 1.54) is 21.6 Å². The first-order valence-electron chi connectivity index (χ1n) is 6.19. The molecule has 20 heavy (non-hydrogen) atoms. The predicted octanol–water partition coefficient (Wildman–Crippen LogP) is -0.629. The number of anilines is 1. The van der Waals surface area contributed by atoms with Crippen LogP contribution in [0, 0.1) is 0 Å². The van der Waals surface area contributed by atoms with Crippen molar-refractivity contribution in [3.8, 4) is 0 Å². The van der Waals surface area contributed by atoms with E-state index in [4.69, 9.17) is 0 Å². The second-order valence-electron chi connectivity index (χ2n) is 4.50. The van der Waals surface area contributed by atoms with Crippen LogP contribution in [0.4, 0.5) is 5.95 Å². The highest BCUT2D eigenvalue weighted by Crippen LogP contribution is 2.16. The molecule has 9 heteroatoms. The van der Waals surface area contributed by atoms with Gasteiger partial charge >= 0.3 is 0 Å². The highest BCUT2D eigenvalue weighted by atomic mass is 32.2. The van der Waals surface area contributed by atoms with Gasteiger partial charge in [-0.05, 0) is 6.42 Å². The summed E-state index contributed by atoms with van der Waals surface area (Å²) in [7, 11) is -0.418. The fourth-order valence-electron chi connectivity index (χ4n) is 1.89. The third kappa shape index (κ3) is 2.88. The summed E-state index contributed by atoms with van der Waals surface area (Å²) in [6.07, 6.45) is 3.09.